The van der Waals surface area contributed by atoms with Crippen LogP contribution in [0.25, 0.3) is 0 Å². The predicted octanol–water partition coefficient (Wildman–Crippen LogP) is 2.73. The van der Waals surface area contributed by atoms with Gasteiger partial charge in [0.15, 0.2) is 0 Å². The number of hydrogen-bond acceptors (Lipinski definition) is 4. The molecule has 0 radical (unpaired) electrons. The number of para-hydroxylation sites is 2. The van der Waals surface area contributed by atoms with Gasteiger partial charge in [-0.2, -0.15) is 0 Å². The highest BCUT2D eigenvalue weighted by Crippen LogP contribution is 2.28. The number of hydrogen-bond donors (Lipinski definition) is 2. The number of benzene rings is 1. The molecule has 1 aromatic heterocycles. The van der Waals surface area contributed by atoms with Crippen LogP contribution in [0.3, 0.4) is 0 Å². The molecular formula is C17H20N4O. The van der Waals surface area contributed by atoms with Crippen molar-refractivity contribution < 1.29 is 4.79 Å². The average Bonchev–Trinajstić information content (AvgIpc) is 3.09. The number of rotatable bonds is 5. The zero-order valence-corrected chi connectivity index (χ0v) is 12.5. The van der Waals surface area contributed by atoms with Gasteiger partial charge in [-0.25, -0.2) is 0 Å². The van der Waals surface area contributed by atoms with Gasteiger partial charge in [0.25, 0.3) is 0 Å². The molecule has 1 aromatic carbocycles. The Morgan fingerprint density at radius 1 is 1.09 bits per heavy atom. The van der Waals surface area contributed by atoms with E-state index in [1.54, 1.807) is 12.4 Å². The second-order valence-corrected chi connectivity index (χ2v) is 5.35. The molecule has 1 aliphatic rings. The van der Waals surface area contributed by atoms with Crippen LogP contribution in [-0.4, -0.2) is 30.5 Å². The highest BCUT2D eigenvalue weighted by molar-refractivity contribution is 5.96. The fraction of sp³-hybridized carbons (Fsp3) is 0.294. The van der Waals surface area contributed by atoms with Gasteiger partial charge in [0.2, 0.25) is 5.91 Å². The van der Waals surface area contributed by atoms with E-state index in [4.69, 9.17) is 0 Å². The van der Waals surface area contributed by atoms with Crippen LogP contribution in [0.15, 0.2) is 48.8 Å². The van der Waals surface area contributed by atoms with Crippen molar-refractivity contribution in [2.45, 2.75) is 12.8 Å². The van der Waals surface area contributed by atoms with Gasteiger partial charge in [0.05, 0.1) is 17.9 Å². The molecule has 2 heterocycles. The summed E-state index contributed by atoms with van der Waals surface area (Å²) < 4.78 is 0. The van der Waals surface area contributed by atoms with E-state index in [1.807, 2.05) is 30.3 Å². The number of pyridine rings is 1. The first-order chi connectivity index (χ1) is 10.8. The van der Waals surface area contributed by atoms with Crippen LogP contribution in [0.2, 0.25) is 0 Å². The van der Waals surface area contributed by atoms with E-state index < -0.39 is 0 Å². The van der Waals surface area contributed by atoms with Gasteiger partial charge in [-0.1, -0.05) is 12.1 Å². The lowest BCUT2D eigenvalue weighted by molar-refractivity contribution is -0.114. The first-order valence-electron chi connectivity index (χ1n) is 7.61. The molecule has 22 heavy (non-hydrogen) atoms. The number of nitrogens with zero attached hydrogens (tertiary/aromatic N) is 2. The SMILES string of the molecule is O=C(CNc1ccncc1)Nc1ccccc1N1CCCC1. The molecule has 2 aromatic rings. The summed E-state index contributed by atoms with van der Waals surface area (Å²) in [4.78, 5) is 18.4. The second kappa shape index (κ2) is 6.93. The maximum Gasteiger partial charge on any atom is 0.243 e. The van der Waals surface area contributed by atoms with E-state index in [2.05, 4.69) is 26.6 Å². The van der Waals surface area contributed by atoms with E-state index in [9.17, 15) is 4.79 Å². The normalized spacial score (nSPS) is 13.9. The topological polar surface area (TPSA) is 57.3 Å². The van der Waals surface area contributed by atoms with Gasteiger partial charge in [-0.3, -0.25) is 9.78 Å². The van der Waals surface area contributed by atoms with Gasteiger partial charge in [-0.15, -0.1) is 0 Å². The first kappa shape index (κ1) is 14.4. The van der Waals surface area contributed by atoms with E-state index in [0.29, 0.717) is 0 Å². The number of carbonyl (C=O) groups is 1. The molecule has 0 atom stereocenters. The van der Waals surface area contributed by atoms with E-state index >= 15 is 0 Å². The number of nitrogens with one attached hydrogen (secondary N) is 2. The molecule has 0 aliphatic carbocycles. The summed E-state index contributed by atoms with van der Waals surface area (Å²) >= 11 is 0. The van der Waals surface area contributed by atoms with Crippen molar-refractivity contribution in [1.29, 1.82) is 0 Å². The van der Waals surface area contributed by atoms with Gasteiger partial charge >= 0.3 is 0 Å². The Kier molecular flexibility index (Phi) is 4.53. The Labute approximate surface area is 130 Å². The smallest absolute Gasteiger partial charge is 0.243 e. The van der Waals surface area contributed by atoms with Crippen LogP contribution < -0.4 is 15.5 Å². The Morgan fingerprint density at radius 2 is 1.82 bits per heavy atom. The maximum absolute atomic E-state index is 12.1. The molecule has 1 fully saturated rings. The zero-order chi connectivity index (χ0) is 15.2. The van der Waals surface area contributed by atoms with E-state index in [-0.39, 0.29) is 12.5 Å². The Balaban J connectivity index is 1.61. The summed E-state index contributed by atoms with van der Waals surface area (Å²) in [6.45, 7) is 2.35. The summed E-state index contributed by atoms with van der Waals surface area (Å²) in [6, 6.07) is 11.7. The average molecular weight is 296 g/mol. The van der Waals surface area contributed by atoms with Gasteiger partial charge in [-0.05, 0) is 37.1 Å². The largest absolute Gasteiger partial charge is 0.376 e. The molecule has 3 rings (SSSR count). The van der Waals surface area contributed by atoms with Crippen LogP contribution in [0.5, 0.6) is 0 Å². The minimum atomic E-state index is -0.0524. The summed E-state index contributed by atoms with van der Waals surface area (Å²) in [5.74, 6) is -0.0524. The lowest BCUT2D eigenvalue weighted by Gasteiger charge is -2.21. The fourth-order valence-electron chi connectivity index (χ4n) is 2.66. The quantitative estimate of drug-likeness (QED) is 0.891. The molecule has 0 saturated carbocycles. The third-order valence-electron chi connectivity index (χ3n) is 3.76. The van der Waals surface area contributed by atoms with Gasteiger partial charge in [0.1, 0.15) is 0 Å². The molecule has 1 aliphatic heterocycles. The van der Waals surface area contributed by atoms with Crippen molar-refractivity contribution in [2.75, 3.05) is 35.2 Å². The molecule has 5 heteroatoms. The third-order valence-corrected chi connectivity index (χ3v) is 3.76. The van der Waals surface area contributed by atoms with Crippen LogP contribution in [0.4, 0.5) is 17.1 Å². The standard InChI is InChI=1S/C17H20N4O/c22-17(13-19-14-7-9-18-10-8-14)20-15-5-1-2-6-16(15)21-11-3-4-12-21/h1-2,5-10H,3-4,11-13H2,(H,18,19)(H,20,22). The lowest BCUT2D eigenvalue weighted by Crippen LogP contribution is -2.24. The summed E-state index contributed by atoms with van der Waals surface area (Å²) in [5, 5.41) is 6.09. The molecule has 5 nitrogen and oxygen atoms in total. The minimum absolute atomic E-state index is 0.0524. The number of amides is 1. The molecule has 2 N–H and O–H groups in total. The van der Waals surface area contributed by atoms with Gasteiger partial charge in [0, 0.05) is 31.2 Å². The van der Waals surface area contributed by atoms with Gasteiger partial charge < -0.3 is 15.5 Å². The Bertz CT molecular complexity index is 624. The molecule has 114 valence electrons. The number of anilines is 3. The highest BCUT2D eigenvalue weighted by atomic mass is 16.1. The van der Waals surface area contributed by atoms with Crippen molar-refractivity contribution >= 4 is 23.0 Å². The van der Waals surface area contributed by atoms with Crippen molar-refractivity contribution in [3.63, 3.8) is 0 Å². The summed E-state index contributed by atoms with van der Waals surface area (Å²) in [5.41, 5.74) is 2.88. The Morgan fingerprint density at radius 3 is 2.59 bits per heavy atom. The zero-order valence-electron chi connectivity index (χ0n) is 12.5. The first-order valence-corrected chi connectivity index (χ1v) is 7.61. The van der Waals surface area contributed by atoms with E-state index in [1.165, 1.54) is 12.8 Å². The number of carbonyl (C=O) groups excluding carboxylic acids is 1. The van der Waals surface area contributed by atoms with E-state index in [0.717, 1.165) is 30.2 Å². The van der Waals surface area contributed by atoms with Crippen molar-refractivity contribution in [3.8, 4) is 0 Å². The second-order valence-electron chi connectivity index (χ2n) is 5.35. The summed E-state index contributed by atoms with van der Waals surface area (Å²) in [6.07, 6.45) is 5.82. The fourth-order valence-corrected chi connectivity index (χ4v) is 2.66. The van der Waals surface area contributed by atoms with Crippen molar-refractivity contribution in [3.05, 3.63) is 48.8 Å². The molecule has 0 spiro atoms. The molecular weight excluding hydrogens is 276 g/mol. The van der Waals surface area contributed by atoms with Crippen LogP contribution in [0.1, 0.15) is 12.8 Å². The monoisotopic (exact) mass is 296 g/mol. The predicted molar refractivity (Wildman–Crippen MR) is 89.2 cm³/mol. The summed E-state index contributed by atoms with van der Waals surface area (Å²) in [7, 11) is 0. The number of aromatic nitrogens is 1. The molecule has 0 bridgehead atoms. The van der Waals surface area contributed by atoms with Crippen LogP contribution in [-0.2, 0) is 4.79 Å². The van der Waals surface area contributed by atoms with Crippen molar-refractivity contribution in [1.82, 2.24) is 4.98 Å². The molecule has 1 amide bonds. The highest BCUT2D eigenvalue weighted by Gasteiger charge is 2.16. The van der Waals surface area contributed by atoms with Crippen molar-refractivity contribution in [2.24, 2.45) is 0 Å². The molecule has 1 saturated heterocycles. The third kappa shape index (κ3) is 3.55. The Hall–Kier alpha value is -2.56. The minimum Gasteiger partial charge on any atom is -0.376 e. The van der Waals surface area contributed by atoms with Crippen LogP contribution >= 0.6 is 0 Å². The van der Waals surface area contributed by atoms with Crippen LogP contribution in [0, 0.1) is 0 Å². The lowest BCUT2D eigenvalue weighted by atomic mass is 10.2. The molecule has 0 unspecified atom stereocenters. The maximum atomic E-state index is 12.1.